The van der Waals surface area contributed by atoms with Crippen molar-refractivity contribution in [3.8, 4) is 11.5 Å². The zero-order chi connectivity index (χ0) is 17.2. The third-order valence-electron chi connectivity index (χ3n) is 4.19. The smallest absolute Gasteiger partial charge is 0.243 e. The standard InChI is InChI=1S/C18H22N2O3S.ClH/c1-14-3-2-4-17(13-14)23-16-5-7-18(8-6-16)24(21,22)20-11-9-15(19)10-12-20;/h2-8,13,15H,9-12,19H2,1H3;1H. The van der Waals surface area contributed by atoms with Crippen molar-refractivity contribution >= 4 is 22.4 Å². The maximum absolute atomic E-state index is 12.7. The number of piperidine rings is 1. The molecule has 1 heterocycles. The highest BCUT2D eigenvalue weighted by molar-refractivity contribution is 7.89. The summed E-state index contributed by atoms with van der Waals surface area (Å²) >= 11 is 0. The second kappa shape index (κ2) is 8.19. The number of sulfonamides is 1. The predicted molar refractivity (Wildman–Crippen MR) is 101 cm³/mol. The highest BCUT2D eigenvalue weighted by atomic mass is 35.5. The lowest BCUT2D eigenvalue weighted by Gasteiger charge is -2.29. The molecule has 2 N–H and O–H groups in total. The van der Waals surface area contributed by atoms with Gasteiger partial charge in [-0.2, -0.15) is 4.31 Å². The molecule has 0 radical (unpaired) electrons. The molecule has 25 heavy (non-hydrogen) atoms. The fraction of sp³-hybridized carbons (Fsp3) is 0.333. The Kier molecular flexibility index (Phi) is 6.46. The lowest BCUT2D eigenvalue weighted by atomic mass is 10.1. The van der Waals surface area contributed by atoms with E-state index in [0.29, 0.717) is 31.7 Å². The van der Waals surface area contributed by atoms with Crippen LogP contribution in [0.5, 0.6) is 11.5 Å². The summed E-state index contributed by atoms with van der Waals surface area (Å²) in [6.45, 7) is 2.95. The molecule has 0 unspecified atom stereocenters. The van der Waals surface area contributed by atoms with Crippen LogP contribution in [-0.4, -0.2) is 31.9 Å². The van der Waals surface area contributed by atoms with E-state index >= 15 is 0 Å². The van der Waals surface area contributed by atoms with E-state index in [-0.39, 0.29) is 23.3 Å². The van der Waals surface area contributed by atoms with Gasteiger partial charge in [0.2, 0.25) is 10.0 Å². The van der Waals surface area contributed by atoms with Gasteiger partial charge in [0.25, 0.3) is 0 Å². The summed E-state index contributed by atoms with van der Waals surface area (Å²) in [6.07, 6.45) is 1.40. The molecule has 136 valence electrons. The zero-order valence-corrected chi connectivity index (χ0v) is 15.7. The molecule has 1 fully saturated rings. The monoisotopic (exact) mass is 382 g/mol. The molecule has 5 nitrogen and oxygen atoms in total. The molecule has 0 amide bonds. The van der Waals surface area contributed by atoms with Crippen LogP contribution in [0, 0.1) is 6.92 Å². The van der Waals surface area contributed by atoms with Gasteiger partial charge in [0.15, 0.2) is 0 Å². The number of benzene rings is 2. The summed E-state index contributed by atoms with van der Waals surface area (Å²) in [5.41, 5.74) is 6.95. The molecule has 3 rings (SSSR count). The summed E-state index contributed by atoms with van der Waals surface area (Å²) < 4.78 is 32.6. The first kappa shape index (κ1) is 19.7. The van der Waals surface area contributed by atoms with Gasteiger partial charge in [-0.3, -0.25) is 0 Å². The number of aryl methyl sites for hydroxylation is 1. The number of ether oxygens (including phenoxy) is 1. The van der Waals surface area contributed by atoms with Gasteiger partial charge >= 0.3 is 0 Å². The molecule has 0 aliphatic carbocycles. The Morgan fingerprint density at radius 3 is 2.28 bits per heavy atom. The number of hydrogen-bond acceptors (Lipinski definition) is 4. The number of nitrogens with zero attached hydrogens (tertiary/aromatic N) is 1. The SMILES string of the molecule is Cc1cccc(Oc2ccc(S(=O)(=O)N3CCC(N)CC3)cc2)c1.Cl. The minimum absolute atomic E-state index is 0. The van der Waals surface area contributed by atoms with Crippen molar-refractivity contribution in [1.82, 2.24) is 4.31 Å². The Labute approximate surface area is 155 Å². The summed E-state index contributed by atoms with van der Waals surface area (Å²) in [7, 11) is -3.46. The second-order valence-corrected chi connectivity index (χ2v) is 8.07. The fourth-order valence-electron chi connectivity index (χ4n) is 2.76. The molecule has 0 aromatic heterocycles. The minimum Gasteiger partial charge on any atom is -0.457 e. The van der Waals surface area contributed by atoms with Gasteiger partial charge < -0.3 is 10.5 Å². The van der Waals surface area contributed by atoms with Crippen LogP contribution in [0.3, 0.4) is 0 Å². The van der Waals surface area contributed by atoms with Crippen LogP contribution < -0.4 is 10.5 Å². The number of hydrogen-bond donors (Lipinski definition) is 1. The van der Waals surface area contributed by atoms with Gasteiger partial charge in [-0.1, -0.05) is 12.1 Å². The molecule has 2 aromatic carbocycles. The first-order chi connectivity index (χ1) is 11.4. The minimum atomic E-state index is -3.46. The first-order valence-electron chi connectivity index (χ1n) is 8.05. The van der Waals surface area contributed by atoms with Crippen molar-refractivity contribution in [2.75, 3.05) is 13.1 Å². The van der Waals surface area contributed by atoms with E-state index in [1.165, 1.54) is 4.31 Å². The van der Waals surface area contributed by atoms with E-state index in [9.17, 15) is 8.42 Å². The zero-order valence-electron chi connectivity index (χ0n) is 14.1. The first-order valence-corrected chi connectivity index (χ1v) is 9.49. The summed E-state index contributed by atoms with van der Waals surface area (Å²) in [6, 6.07) is 14.4. The predicted octanol–water partition coefficient (Wildman–Crippen LogP) is 3.32. The van der Waals surface area contributed by atoms with Crippen LogP contribution in [0.25, 0.3) is 0 Å². The van der Waals surface area contributed by atoms with Gasteiger partial charge in [-0.25, -0.2) is 8.42 Å². The van der Waals surface area contributed by atoms with Crippen LogP contribution in [0.4, 0.5) is 0 Å². The Bertz CT molecular complexity index is 801. The van der Waals surface area contributed by atoms with E-state index in [2.05, 4.69) is 0 Å². The van der Waals surface area contributed by atoms with Gasteiger partial charge in [-0.15, -0.1) is 12.4 Å². The maximum Gasteiger partial charge on any atom is 0.243 e. The van der Waals surface area contributed by atoms with Gasteiger partial charge in [0.05, 0.1) is 4.90 Å². The largest absolute Gasteiger partial charge is 0.457 e. The number of nitrogens with two attached hydrogens (primary N) is 1. The molecule has 1 aliphatic rings. The maximum atomic E-state index is 12.7. The molecular weight excluding hydrogens is 360 g/mol. The van der Waals surface area contributed by atoms with Crippen molar-refractivity contribution in [3.63, 3.8) is 0 Å². The molecular formula is C18H23ClN2O3S. The Hall–Kier alpha value is -1.60. The average molecular weight is 383 g/mol. The van der Waals surface area contributed by atoms with E-state index in [4.69, 9.17) is 10.5 Å². The summed E-state index contributed by atoms with van der Waals surface area (Å²) in [5, 5.41) is 0. The van der Waals surface area contributed by atoms with Crippen molar-refractivity contribution < 1.29 is 13.2 Å². The summed E-state index contributed by atoms with van der Waals surface area (Å²) in [5.74, 6) is 1.34. The molecule has 0 spiro atoms. The normalized spacial score (nSPS) is 16.2. The molecule has 0 bridgehead atoms. The Balaban J connectivity index is 0.00000225. The van der Waals surface area contributed by atoms with Gasteiger partial charge in [0, 0.05) is 19.1 Å². The Morgan fingerprint density at radius 1 is 1.04 bits per heavy atom. The Morgan fingerprint density at radius 2 is 1.68 bits per heavy atom. The number of halogens is 1. The van der Waals surface area contributed by atoms with E-state index in [1.807, 2.05) is 31.2 Å². The van der Waals surface area contributed by atoms with E-state index in [0.717, 1.165) is 11.3 Å². The lowest BCUT2D eigenvalue weighted by Crippen LogP contribution is -2.42. The third-order valence-corrected chi connectivity index (χ3v) is 6.10. The highest BCUT2D eigenvalue weighted by Gasteiger charge is 2.28. The molecule has 2 aromatic rings. The molecule has 1 aliphatic heterocycles. The average Bonchev–Trinajstić information content (AvgIpc) is 2.56. The molecule has 0 saturated carbocycles. The van der Waals surface area contributed by atoms with Crippen molar-refractivity contribution in [2.45, 2.75) is 30.7 Å². The second-order valence-electron chi connectivity index (χ2n) is 6.13. The lowest BCUT2D eigenvalue weighted by molar-refractivity contribution is 0.320. The van der Waals surface area contributed by atoms with Crippen LogP contribution in [0.15, 0.2) is 53.4 Å². The van der Waals surface area contributed by atoms with Crippen LogP contribution in [-0.2, 0) is 10.0 Å². The fourth-order valence-corrected chi connectivity index (χ4v) is 4.23. The third kappa shape index (κ3) is 4.73. The van der Waals surface area contributed by atoms with E-state index < -0.39 is 10.0 Å². The molecule has 0 atom stereocenters. The molecule has 1 saturated heterocycles. The van der Waals surface area contributed by atoms with Crippen LogP contribution >= 0.6 is 12.4 Å². The van der Waals surface area contributed by atoms with Crippen molar-refractivity contribution in [3.05, 3.63) is 54.1 Å². The van der Waals surface area contributed by atoms with Crippen LogP contribution in [0.1, 0.15) is 18.4 Å². The topological polar surface area (TPSA) is 72.6 Å². The van der Waals surface area contributed by atoms with Crippen molar-refractivity contribution in [2.24, 2.45) is 5.73 Å². The van der Waals surface area contributed by atoms with Gasteiger partial charge in [0.1, 0.15) is 11.5 Å². The van der Waals surface area contributed by atoms with Gasteiger partial charge in [-0.05, 0) is 61.7 Å². The quantitative estimate of drug-likeness (QED) is 0.880. The van der Waals surface area contributed by atoms with Crippen LogP contribution in [0.2, 0.25) is 0 Å². The van der Waals surface area contributed by atoms with Crippen molar-refractivity contribution in [1.29, 1.82) is 0 Å². The summed E-state index contributed by atoms with van der Waals surface area (Å²) in [4.78, 5) is 0.287. The molecule has 7 heteroatoms. The number of rotatable bonds is 4. The highest BCUT2D eigenvalue weighted by Crippen LogP contribution is 2.26. The van der Waals surface area contributed by atoms with E-state index in [1.54, 1.807) is 24.3 Å².